The highest BCUT2D eigenvalue weighted by molar-refractivity contribution is 6.08. The van der Waals surface area contributed by atoms with Crippen LogP contribution in [0.2, 0.25) is 0 Å². The predicted octanol–water partition coefficient (Wildman–Crippen LogP) is 3.13. The molecule has 1 heterocycles. The number of fused-ring (bicyclic) bond motifs is 1. The van der Waals surface area contributed by atoms with Gasteiger partial charge in [-0.2, -0.15) is 5.26 Å². The zero-order valence-corrected chi connectivity index (χ0v) is 16.1. The predicted molar refractivity (Wildman–Crippen MR) is 106 cm³/mol. The minimum Gasteiger partial charge on any atom is -0.450 e. The molecule has 28 heavy (non-hydrogen) atoms. The second-order valence-electron chi connectivity index (χ2n) is 6.79. The van der Waals surface area contributed by atoms with Gasteiger partial charge in [0.1, 0.15) is 11.8 Å². The lowest BCUT2D eigenvalue weighted by molar-refractivity contribution is -0.118. The Morgan fingerprint density at radius 2 is 1.96 bits per heavy atom. The van der Waals surface area contributed by atoms with Crippen molar-refractivity contribution in [2.75, 3.05) is 26.0 Å². The molecule has 0 aliphatic carbocycles. The second-order valence-corrected chi connectivity index (χ2v) is 6.79. The van der Waals surface area contributed by atoms with Crippen molar-refractivity contribution in [2.45, 2.75) is 12.8 Å². The van der Waals surface area contributed by atoms with Crippen LogP contribution in [0.25, 0.3) is 0 Å². The van der Waals surface area contributed by atoms with Gasteiger partial charge in [-0.05, 0) is 42.3 Å². The van der Waals surface area contributed by atoms with Gasteiger partial charge < -0.3 is 14.5 Å². The molecule has 3 rings (SSSR count). The van der Waals surface area contributed by atoms with Crippen LogP contribution >= 0.6 is 0 Å². The Balaban J connectivity index is 1.95. The van der Waals surface area contributed by atoms with Crippen LogP contribution in [0, 0.1) is 11.3 Å². The molecule has 0 spiro atoms. The van der Waals surface area contributed by atoms with Gasteiger partial charge in [-0.3, -0.25) is 9.59 Å². The molecular weight excluding hydrogens is 354 g/mol. The maximum atomic E-state index is 13.1. The van der Waals surface area contributed by atoms with Crippen molar-refractivity contribution in [3.63, 3.8) is 0 Å². The molecule has 0 aromatic heterocycles. The summed E-state index contributed by atoms with van der Waals surface area (Å²) >= 11 is 0. The van der Waals surface area contributed by atoms with E-state index in [-0.39, 0.29) is 17.4 Å². The monoisotopic (exact) mass is 375 g/mol. The summed E-state index contributed by atoms with van der Waals surface area (Å²) in [4.78, 5) is 28.3. The van der Waals surface area contributed by atoms with Crippen LogP contribution in [0.4, 0.5) is 5.69 Å². The zero-order chi connectivity index (χ0) is 20.3. The number of aryl methyl sites for hydroxylation is 1. The van der Waals surface area contributed by atoms with Crippen LogP contribution in [0.15, 0.2) is 54.4 Å². The van der Waals surface area contributed by atoms with Gasteiger partial charge in [0.05, 0.1) is 5.56 Å². The van der Waals surface area contributed by atoms with E-state index < -0.39 is 0 Å². The Kier molecular flexibility index (Phi) is 5.46. The molecule has 0 N–H and O–H groups in total. The van der Waals surface area contributed by atoms with Crippen LogP contribution in [0.3, 0.4) is 0 Å². The van der Waals surface area contributed by atoms with Gasteiger partial charge in [-0.25, -0.2) is 0 Å². The van der Waals surface area contributed by atoms with Gasteiger partial charge >= 0.3 is 0 Å². The first-order valence-corrected chi connectivity index (χ1v) is 8.90. The smallest absolute Gasteiger partial charge is 0.229 e. The van der Waals surface area contributed by atoms with E-state index in [1.54, 1.807) is 73.5 Å². The van der Waals surface area contributed by atoms with Gasteiger partial charge in [-0.1, -0.05) is 12.1 Å². The number of carbonyl (C=O) groups is 2. The van der Waals surface area contributed by atoms with E-state index in [0.717, 1.165) is 11.3 Å². The highest BCUT2D eigenvalue weighted by Gasteiger charge is 2.23. The largest absolute Gasteiger partial charge is 0.450 e. The number of rotatable bonds is 5. The molecule has 0 saturated heterocycles. The highest BCUT2D eigenvalue weighted by atomic mass is 16.5. The van der Waals surface area contributed by atoms with Crippen molar-refractivity contribution >= 4 is 17.4 Å². The molecule has 0 bridgehead atoms. The summed E-state index contributed by atoms with van der Waals surface area (Å²) in [6.07, 6.45) is 2.61. The second kappa shape index (κ2) is 7.97. The molecule has 0 fully saturated rings. The van der Waals surface area contributed by atoms with E-state index in [9.17, 15) is 14.9 Å². The van der Waals surface area contributed by atoms with Gasteiger partial charge in [0.25, 0.3) is 0 Å². The van der Waals surface area contributed by atoms with Gasteiger partial charge in [0, 0.05) is 45.0 Å². The molecular formula is C22H21N3O3. The Morgan fingerprint density at radius 3 is 2.68 bits per heavy atom. The van der Waals surface area contributed by atoms with Crippen LogP contribution in [0.5, 0.6) is 5.75 Å². The number of nitriles is 1. The van der Waals surface area contributed by atoms with Crippen molar-refractivity contribution < 1.29 is 14.3 Å². The first-order chi connectivity index (χ1) is 13.4. The molecule has 2 aromatic rings. The normalized spacial score (nSPS) is 13.6. The maximum Gasteiger partial charge on any atom is 0.229 e. The molecule has 1 aliphatic rings. The third kappa shape index (κ3) is 3.89. The molecule has 6 heteroatoms. The first kappa shape index (κ1) is 19.2. The molecule has 0 unspecified atom stereocenters. The summed E-state index contributed by atoms with van der Waals surface area (Å²) in [7, 11) is 5.32. The fraction of sp³-hybridized carbons (Fsp3) is 0.227. The number of allylic oxidation sites excluding steroid dienone is 1. The number of ether oxygens (including phenoxy) is 1. The quantitative estimate of drug-likeness (QED) is 0.456. The van der Waals surface area contributed by atoms with Gasteiger partial charge in [0.2, 0.25) is 11.7 Å². The van der Waals surface area contributed by atoms with E-state index in [1.165, 1.54) is 0 Å². The average Bonchev–Trinajstić information content (AvgIpc) is 2.69. The summed E-state index contributed by atoms with van der Waals surface area (Å²) < 4.78 is 5.83. The third-order valence-electron chi connectivity index (χ3n) is 4.51. The van der Waals surface area contributed by atoms with Crippen LogP contribution in [0.1, 0.15) is 27.9 Å². The third-order valence-corrected chi connectivity index (χ3v) is 4.51. The van der Waals surface area contributed by atoms with Crippen LogP contribution < -0.4 is 9.64 Å². The summed E-state index contributed by atoms with van der Waals surface area (Å²) in [5, 5.41) is 9.27. The summed E-state index contributed by atoms with van der Waals surface area (Å²) in [5.74, 6) is 0.225. The number of amides is 1. The molecule has 1 aliphatic heterocycles. The van der Waals surface area contributed by atoms with E-state index >= 15 is 0 Å². The number of carbonyl (C=O) groups excluding carboxylic acids is 2. The van der Waals surface area contributed by atoms with Crippen LogP contribution in [-0.4, -0.2) is 37.7 Å². The fourth-order valence-corrected chi connectivity index (χ4v) is 3.07. The SMILES string of the molecule is CN(C)/C=C(/Oc1ccccc1C#N)C(=O)c1ccc2c(c1)CCC(=O)N2C. The Labute approximate surface area is 164 Å². The lowest BCUT2D eigenvalue weighted by Gasteiger charge is -2.26. The van der Waals surface area contributed by atoms with E-state index in [0.29, 0.717) is 29.7 Å². The number of anilines is 1. The Hall–Kier alpha value is -3.59. The number of ketones is 1. The topological polar surface area (TPSA) is 73.6 Å². The number of nitrogens with zero attached hydrogens (tertiary/aromatic N) is 3. The van der Waals surface area contributed by atoms with E-state index in [2.05, 4.69) is 6.07 Å². The number of Topliss-reactive ketones (excluding diaryl/α,β-unsaturated/α-hetero) is 1. The average molecular weight is 375 g/mol. The van der Waals surface area contributed by atoms with E-state index in [1.807, 2.05) is 6.07 Å². The summed E-state index contributed by atoms with van der Waals surface area (Å²) in [6, 6.07) is 14.1. The molecule has 6 nitrogen and oxygen atoms in total. The minimum atomic E-state index is -0.288. The standard InChI is InChI=1S/C22H21N3O3/c1-24(2)14-20(28-19-7-5-4-6-17(19)13-23)22(27)16-8-10-18-15(12-16)9-11-21(26)25(18)3/h4-8,10,12,14H,9,11H2,1-3H3/b20-14+. The van der Waals surface area contributed by atoms with E-state index in [4.69, 9.17) is 4.74 Å². The molecule has 1 amide bonds. The lowest BCUT2D eigenvalue weighted by Crippen LogP contribution is -2.31. The maximum absolute atomic E-state index is 13.1. The number of hydrogen-bond donors (Lipinski definition) is 0. The van der Waals surface area contributed by atoms with Gasteiger partial charge in [0.15, 0.2) is 5.76 Å². The molecule has 0 atom stereocenters. The molecule has 142 valence electrons. The zero-order valence-electron chi connectivity index (χ0n) is 16.1. The van der Waals surface area contributed by atoms with Crippen LogP contribution in [-0.2, 0) is 11.2 Å². The number of para-hydroxylation sites is 1. The summed E-state index contributed by atoms with van der Waals surface area (Å²) in [6.45, 7) is 0. The van der Waals surface area contributed by atoms with Gasteiger partial charge in [-0.15, -0.1) is 0 Å². The lowest BCUT2D eigenvalue weighted by atomic mass is 9.97. The molecule has 2 aromatic carbocycles. The number of benzene rings is 2. The first-order valence-electron chi connectivity index (χ1n) is 8.90. The van der Waals surface area contributed by atoms with Crippen molar-refractivity contribution in [1.29, 1.82) is 5.26 Å². The summed E-state index contributed by atoms with van der Waals surface area (Å²) in [5.41, 5.74) is 2.60. The van der Waals surface area contributed by atoms with Crippen molar-refractivity contribution in [2.24, 2.45) is 0 Å². The number of hydrogen-bond acceptors (Lipinski definition) is 5. The highest BCUT2D eigenvalue weighted by Crippen LogP contribution is 2.29. The minimum absolute atomic E-state index is 0.0659. The Morgan fingerprint density at radius 1 is 1.21 bits per heavy atom. The fourth-order valence-electron chi connectivity index (χ4n) is 3.07. The van der Waals surface area contributed by atoms with Crippen molar-refractivity contribution in [3.05, 3.63) is 71.1 Å². The van der Waals surface area contributed by atoms with Crippen molar-refractivity contribution in [1.82, 2.24) is 4.90 Å². The molecule has 0 radical (unpaired) electrons. The molecule has 0 saturated carbocycles. The van der Waals surface area contributed by atoms with Crippen molar-refractivity contribution in [3.8, 4) is 11.8 Å². The Bertz CT molecular complexity index is 1000.